The van der Waals surface area contributed by atoms with E-state index in [1.807, 2.05) is 12.1 Å². The fraction of sp³-hybridized carbons (Fsp3) is 0.667. The van der Waals surface area contributed by atoms with Crippen LogP contribution in [0.3, 0.4) is 0 Å². The van der Waals surface area contributed by atoms with Crippen LogP contribution in [0.1, 0.15) is 56.1 Å². The average molecular weight is 442 g/mol. The molecule has 3 fully saturated rings. The summed E-state index contributed by atoms with van der Waals surface area (Å²) >= 11 is 0. The maximum atomic E-state index is 12.4. The van der Waals surface area contributed by atoms with E-state index in [2.05, 4.69) is 15.5 Å². The lowest BCUT2D eigenvalue weighted by Gasteiger charge is -2.60. The zero-order chi connectivity index (χ0) is 22.5. The second-order valence-corrected chi connectivity index (χ2v) is 10.4. The van der Waals surface area contributed by atoms with E-state index in [1.165, 1.54) is 18.4 Å². The Kier molecular flexibility index (Phi) is 5.33. The normalized spacial score (nSPS) is 34.0. The van der Waals surface area contributed by atoms with Crippen LogP contribution < -0.4 is 16.4 Å². The van der Waals surface area contributed by atoms with Crippen molar-refractivity contribution >= 4 is 11.9 Å². The Bertz CT molecular complexity index is 919. The molecule has 1 amide bonds. The van der Waals surface area contributed by atoms with Crippen LogP contribution in [0.2, 0.25) is 0 Å². The molecule has 1 heterocycles. The number of phenols is 1. The summed E-state index contributed by atoms with van der Waals surface area (Å²) in [4.78, 5) is 15.0. The molecule has 4 atom stereocenters. The van der Waals surface area contributed by atoms with Crippen molar-refractivity contribution in [2.75, 3.05) is 19.6 Å². The molecular weight excluding hydrogens is 406 g/mol. The summed E-state index contributed by atoms with van der Waals surface area (Å²) in [6.45, 7) is 2.02. The third kappa shape index (κ3) is 3.63. The first-order valence-electron chi connectivity index (χ1n) is 12.0. The van der Waals surface area contributed by atoms with Crippen molar-refractivity contribution in [2.24, 2.45) is 11.7 Å². The topological polar surface area (TPSA) is 135 Å². The van der Waals surface area contributed by atoms with Crippen LogP contribution in [0.4, 0.5) is 0 Å². The number of carbonyl (C=O) groups is 1. The highest BCUT2D eigenvalue weighted by molar-refractivity contribution is 5.84. The second kappa shape index (κ2) is 7.92. The van der Waals surface area contributed by atoms with Gasteiger partial charge in [-0.15, -0.1) is 0 Å². The number of phenolic OH excluding ortho intramolecular Hbond substituents is 1. The zero-order valence-electron chi connectivity index (χ0n) is 18.6. The summed E-state index contributed by atoms with van der Waals surface area (Å²) in [5.41, 5.74) is 6.21. The van der Waals surface area contributed by atoms with Gasteiger partial charge in [-0.25, -0.2) is 0 Å². The number of nitrogens with one attached hydrogen (secondary N) is 3. The summed E-state index contributed by atoms with van der Waals surface area (Å²) in [5, 5.41) is 35.7. The molecule has 0 spiro atoms. The third-order valence-corrected chi connectivity index (χ3v) is 8.35. The molecule has 8 nitrogen and oxygen atoms in total. The molecule has 174 valence electrons. The van der Waals surface area contributed by atoms with Gasteiger partial charge in [0, 0.05) is 24.0 Å². The molecule has 1 aliphatic heterocycles. The van der Waals surface area contributed by atoms with Gasteiger partial charge in [0.1, 0.15) is 5.75 Å². The fourth-order valence-corrected chi connectivity index (χ4v) is 6.78. The number of benzene rings is 1. The van der Waals surface area contributed by atoms with Crippen LogP contribution in [-0.4, -0.2) is 64.3 Å². The molecule has 0 unspecified atom stereocenters. The van der Waals surface area contributed by atoms with Crippen LogP contribution in [0.5, 0.6) is 5.75 Å². The highest BCUT2D eigenvalue weighted by Gasteiger charge is 2.63. The van der Waals surface area contributed by atoms with Gasteiger partial charge in [0.2, 0.25) is 5.91 Å². The molecular formula is C24H35N5O3. The number of likely N-dealkylation sites (tertiary alicyclic amines) is 1. The molecule has 1 saturated heterocycles. The Morgan fingerprint density at radius 1 is 1.28 bits per heavy atom. The number of aliphatic hydroxyl groups is 1. The van der Waals surface area contributed by atoms with Gasteiger partial charge in [-0.05, 0) is 87.1 Å². The molecule has 7 N–H and O–H groups in total. The largest absolute Gasteiger partial charge is 0.508 e. The Morgan fingerprint density at radius 2 is 2.09 bits per heavy atom. The van der Waals surface area contributed by atoms with Crippen molar-refractivity contribution in [2.45, 2.75) is 74.5 Å². The van der Waals surface area contributed by atoms with Crippen molar-refractivity contribution in [3.05, 3.63) is 29.3 Å². The number of nitrogens with two attached hydrogens (primary N) is 1. The summed E-state index contributed by atoms with van der Waals surface area (Å²) < 4.78 is 0. The van der Waals surface area contributed by atoms with Gasteiger partial charge in [0.15, 0.2) is 5.96 Å². The van der Waals surface area contributed by atoms with Crippen LogP contribution >= 0.6 is 0 Å². The molecule has 1 aromatic carbocycles. The highest BCUT2D eigenvalue weighted by Crippen LogP contribution is 2.58. The van der Waals surface area contributed by atoms with Gasteiger partial charge in [0.25, 0.3) is 0 Å². The smallest absolute Gasteiger partial charge is 0.239 e. The van der Waals surface area contributed by atoms with E-state index in [9.17, 15) is 15.0 Å². The quantitative estimate of drug-likeness (QED) is 0.297. The Hall–Kier alpha value is -2.32. The number of amides is 1. The van der Waals surface area contributed by atoms with E-state index < -0.39 is 11.0 Å². The first-order valence-corrected chi connectivity index (χ1v) is 12.0. The van der Waals surface area contributed by atoms with E-state index in [-0.39, 0.29) is 36.2 Å². The molecule has 0 radical (unpaired) electrons. The molecule has 32 heavy (non-hydrogen) atoms. The minimum Gasteiger partial charge on any atom is -0.508 e. The molecule has 2 bridgehead atoms. The van der Waals surface area contributed by atoms with Gasteiger partial charge < -0.3 is 26.6 Å². The maximum Gasteiger partial charge on any atom is 0.239 e. The van der Waals surface area contributed by atoms with E-state index in [0.717, 1.165) is 43.8 Å². The number of carbonyl (C=O) groups excluding carboxylic acids is 1. The van der Waals surface area contributed by atoms with Crippen molar-refractivity contribution in [3.8, 4) is 5.75 Å². The molecule has 2 saturated carbocycles. The molecule has 3 aliphatic carbocycles. The molecule has 0 aromatic heterocycles. The Morgan fingerprint density at radius 3 is 2.84 bits per heavy atom. The first kappa shape index (κ1) is 21.5. The summed E-state index contributed by atoms with van der Waals surface area (Å²) in [7, 11) is 0. The monoisotopic (exact) mass is 441 g/mol. The van der Waals surface area contributed by atoms with E-state index >= 15 is 0 Å². The van der Waals surface area contributed by atoms with Gasteiger partial charge in [-0.1, -0.05) is 6.07 Å². The lowest BCUT2D eigenvalue weighted by molar-refractivity contribution is -0.137. The number of nitrogens with zero attached hydrogens (tertiary/aromatic N) is 1. The minimum atomic E-state index is -0.877. The highest BCUT2D eigenvalue weighted by atomic mass is 16.3. The van der Waals surface area contributed by atoms with Crippen molar-refractivity contribution < 1.29 is 15.0 Å². The van der Waals surface area contributed by atoms with Gasteiger partial charge in [0.05, 0.1) is 12.1 Å². The average Bonchev–Trinajstić information content (AvgIpc) is 3.56. The predicted octanol–water partition coefficient (Wildman–Crippen LogP) is 0.943. The van der Waals surface area contributed by atoms with Crippen molar-refractivity contribution in [1.82, 2.24) is 15.5 Å². The van der Waals surface area contributed by atoms with Crippen LogP contribution in [0, 0.1) is 11.3 Å². The van der Waals surface area contributed by atoms with Gasteiger partial charge in [-0.3, -0.25) is 15.1 Å². The third-order valence-electron chi connectivity index (χ3n) is 8.35. The number of hydrogen-bond acceptors (Lipinski definition) is 5. The minimum absolute atomic E-state index is 0.0295. The van der Waals surface area contributed by atoms with Crippen LogP contribution in [-0.2, 0) is 16.6 Å². The first-order chi connectivity index (χ1) is 15.3. The predicted molar refractivity (Wildman–Crippen MR) is 121 cm³/mol. The summed E-state index contributed by atoms with van der Waals surface area (Å²) in [5.74, 6) is 0.571. The maximum absolute atomic E-state index is 12.4. The van der Waals surface area contributed by atoms with Crippen LogP contribution in [0.15, 0.2) is 18.2 Å². The molecule has 5 rings (SSSR count). The number of rotatable bonds is 5. The van der Waals surface area contributed by atoms with Gasteiger partial charge >= 0.3 is 0 Å². The summed E-state index contributed by atoms with van der Waals surface area (Å²) in [6.07, 6.45) is 7.22. The Labute approximate surface area is 189 Å². The number of hydrogen-bond donors (Lipinski definition) is 6. The lowest BCUT2D eigenvalue weighted by atomic mass is 9.50. The SMILES string of the molecule is N=C(N)NCC(=O)N[C@@H]1CC[C@@]2(O)[C@H]3Cc4ccc(O)cc4[C@@]2(CCCN3CC2CC2)C1. The van der Waals surface area contributed by atoms with Gasteiger partial charge in [-0.2, -0.15) is 0 Å². The summed E-state index contributed by atoms with van der Waals surface area (Å²) in [6, 6.07) is 5.64. The Balaban J connectivity index is 1.48. The number of fused-ring (bicyclic) bond motifs is 1. The van der Waals surface area contributed by atoms with Crippen LogP contribution in [0.25, 0.3) is 0 Å². The molecule has 8 heteroatoms. The van der Waals surface area contributed by atoms with E-state index in [1.54, 1.807) is 6.07 Å². The standard InChI is InChI=1S/C24H35N5O3/c25-22(26)27-13-21(31)28-17-6-8-24(32)20-10-16-4-5-18(30)11-19(16)23(24,12-17)7-1-9-29(20)14-15-2-3-15/h4-5,11,15,17,20,30,32H,1-3,6-10,12-14H2,(H,28,31)(H4,25,26,27)/t17-,20-,23-,24-/m1/s1. The zero-order valence-corrected chi connectivity index (χ0v) is 18.6. The number of aromatic hydroxyl groups is 1. The van der Waals surface area contributed by atoms with E-state index in [0.29, 0.717) is 19.3 Å². The second-order valence-electron chi connectivity index (χ2n) is 10.4. The number of guanidine groups is 1. The van der Waals surface area contributed by atoms with Crippen molar-refractivity contribution in [1.29, 1.82) is 5.41 Å². The lowest BCUT2D eigenvalue weighted by Crippen LogP contribution is -2.69. The molecule has 1 aromatic rings. The molecule has 4 aliphatic rings. The van der Waals surface area contributed by atoms with E-state index in [4.69, 9.17) is 11.1 Å². The van der Waals surface area contributed by atoms with Crippen molar-refractivity contribution in [3.63, 3.8) is 0 Å². The fourth-order valence-electron chi connectivity index (χ4n) is 6.78.